The van der Waals surface area contributed by atoms with Crippen molar-refractivity contribution in [2.45, 2.75) is 13.8 Å². The molecule has 0 radical (unpaired) electrons. The number of aryl methyl sites for hydroxylation is 1. The summed E-state index contributed by atoms with van der Waals surface area (Å²) < 4.78 is 0. The highest BCUT2D eigenvalue weighted by molar-refractivity contribution is 5.63. The molecule has 0 atom stereocenters. The lowest BCUT2D eigenvalue weighted by molar-refractivity contribution is 1.04. The van der Waals surface area contributed by atoms with Gasteiger partial charge < -0.3 is 5.32 Å². The number of hydrogen-bond acceptors (Lipinski definition) is 5. The molecule has 2 rings (SSSR count). The van der Waals surface area contributed by atoms with Gasteiger partial charge in [-0.25, -0.2) is 9.97 Å². The lowest BCUT2D eigenvalue weighted by Crippen LogP contribution is -2.02. The van der Waals surface area contributed by atoms with E-state index in [0.29, 0.717) is 11.4 Å². The van der Waals surface area contributed by atoms with Crippen molar-refractivity contribution in [1.29, 1.82) is 5.26 Å². The van der Waals surface area contributed by atoms with Gasteiger partial charge in [-0.2, -0.15) is 5.26 Å². The summed E-state index contributed by atoms with van der Waals surface area (Å²) in [5.41, 5.74) is 2.11. The Hall–Kier alpha value is -2.48. The third-order valence-corrected chi connectivity index (χ3v) is 2.36. The van der Waals surface area contributed by atoms with Gasteiger partial charge >= 0.3 is 0 Å². The van der Waals surface area contributed by atoms with Crippen molar-refractivity contribution in [3.8, 4) is 17.3 Å². The number of anilines is 1. The molecule has 0 saturated heterocycles. The summed E-state index contributed by atoms with van der Waals surface area (Å²) in [6.45, 7) is 4.65. The van der Waals surface area contributed by atoms with Crippen molar-refractivity contribution < 1.29 is 0 Å². The van der Waals surface area contributed by atoms with E-state index >= 15 is 0 Å². The molecule has 0 spiro atoms. The van der Waals surface area contributed by atoms with Gasteiger partial charge in [0.1, 0.15) is 17.7 Å². The molecule has 0 fully saturated rings. The van der Waals surface area contributed by atoms with Crippen LogP contribution in [0.2, 0.25) is 0 Å². The quantitative estimate of drug-likeness (QED) is 0.888. The topological polar surface area (TPSA) is 74.5 Å². The summed E-state index contributed by atoms with van der Waals surface area (Å²) in [4.78, 5) is 12.7. The molecular weight excluding hydrogens is 226 g/mol. The van der Waals surface area contributed by atoms with E-state index in [2.05, 4.69) is 26.3 Å². The summed E-state index contributed by atoms with van der Waals surface area (Å²) >= 11 is 0. The predicted octanol–water partition coefficient (Wildman–Crippen LogP) is 2.15. The van der Waals surface area contributed by atoms with Crippen LogP contribution in [0.25, 0.3) is 11.3 Å². The zero-order chi connectivity index (χ0) is 13.0. The van der Waals surface area contributed by atoms with E-state index in [9.17, 15) is 0 Å². The molecule has 90 valence electrons. The van der Waals surface area contributed by atoms with Gasteiger partial charge in [0, 0.05) is 30.6 Å². The van der Waals surface area contributed by atoms with Crippen LogP contribution in [0.4, 0.5) is 5.82 Å². The summed E-state index contributed by atoms with van der Waals surface area (Å²) in [5, 5.41) is 12.0. The first-order valence-corrected chi connectivity index (χ1v) is 5.68. The number of pyridine rings is 1. The maximum absolute atomic E-state index is 8.87. The molecule has 0 aliphatic carbocycles. The maximum atomic E-state index is 8.87. The van der Waals surface area contributed by atoms with Gasteiger partial charge in [0.25, 0.3) is 0 Å². The van der Waals surface area contributed by atoms with Crippen LogP contribution in [-0.4, -0.2) is 21.5 Å². The molecule has 1 N–H and O–H groups in total. The van der Waals surface area contributed by atoms with Crippen LogP contribution in [0.3, 0.4) is 0 Å². The van der Waals surface area contributed by atoms with E-state index in [1.165, 1.54) is 6.20 Å². The van der Waals surface area contributed by atoms with Crippen LogP contribution in [0.5, 0.6) is 0 Å². The summed E-state index contributed by atoms with van der Waals surface area (Å²) in [6, 6.07) is 5.69. The van der Waals surface area contributed by atoms with Gasteiger partial charge in [0.05, 0.1) is 11.3 Å². The lowest BCUT2D eigenvalue weighted by atomic mass is 10.1. The normalized spacial score (nSPS) is 9.83. The number of aromatic nitrogens is 3. The Morgan fingerprint density at radius 1 is 1.28 bits per heavy atom. The Morgan fingerprint density at radius 2 is 2.11 bits per heavy atom. The molecule has 0 aliphatic heterocycles. The minimum Gasteiger partial charge on any atom is -0.370 e. The van der Waals surface area contributed by atoms with Crippen LogP contribution in [0, 0.1) is 18.3 Å². The second kappa shape index (κ2) is 5.23. The van der Waals surface area contributed by atoms with Gasteiger partial charge in [-0.3, -0.25) is 4.98 Å². The number of rotatable bonds is 3. The van der Waals surface area contributed by atoms with E-state index in [-0.39, 0.29) is 0 Å². The summed E-state index contributed by atoms with van der Waals surface area (Å²) in [5.74, 6) is 1.47. The van der Waals surface area contributed by atoms with E-state index in [1.807, 2.05) is 19.9 Å². The molecule has 2 aromatic rings. The molecule has 0 bridgehead atoms. The number of nitriles is 1. The fourth-order valence-electron chi connectivity index (χ4n) is 1.63. The van der Waals surface area contributed by atoms with E-state index in [4.69, 9.17) is 5.26 Å². The Labute approximate surface area is 106 Å². The number of hydrogen-bond donors (Lipinski definition) is 1. The molecule has 2 heterocycles. The first kappa shape index (κ1) is 12.0. The molecule has 0 aliphatic rings. The van der Waals surface area contributed by atoms with Gasteiger partial charge in [-0.15, -0.1) is 0 Å². The highest BCUT2D eigenvalue weighted by Gasteiger charge is 2.05. The Balaban J connectivity index is 2.46. The Kier molecular flexibility index (Phi) is 3.49. The van der Waals surface area contributed by atoms with Crippen molar-refractivity contribution >= 4 is 5.82 Å². The van der Waals surface area contributed by atoms with E-state index in [1.54, 1.807) is 12.3 Å². The molecule has 0 saturated carbocycles. The highest BCUT2D eigenvalue weighted by Crippen LogP contribution is 2.19. The van der Waals surface area contributed by atoms with Crippen LogP contribution in [0.15, 0.2) is 24.5 Å². The first-order valence-electron chi connectivity index (χ1n) is 5.68. The van der Waals surface area contributed by atoms with Gasteiger partial charge in [0.15, 0.2) is 0 Å². The van der Waals surface area contributed by atoms with E-state index < -0.39 is 0 Å². The SMILES string of the molecule is CCNc1cc(-c2cncc(C#N)c2)nc(C)n1. The Morgan fingerprint density at radius 3 is 2.83 bits per heavy atom. The maximum Gasteiger partial charge on any atom is 0.130 e. The second-order valence-electron chi connectivity index (χ2n) is 3.79. The standard InChI is InChI=1S/C13H13N5/c1-3-16-13-5-12(17-9(2)18-13)11-4-10(6-14)7-15-8-11/h4-5,7-8H,3H2,1-2H3,(H,16,17,18). The van der Waals surface area contributed by atoms with Crippen molar-refractivity contribution in [2.75, 3.05) is 11.9 Å². The molecule has 0 amide bonds. The Bertz CT molecular complexity index is 601. The van der Waals surface area contributed by atoms with Crippen molar-refractivity contribution in [2.24, 2.45) is 0 Å². The fourth-order valence-corrected chi connectivity index (χ4v) is 1.63. The average Bonchev–Trinajstić information content (AvgIpc) is 2.38. The molecule has 0 unspecified atom stereocenters. The largest absolute Gasteiger partial charge is 0.370 e. The number of nitrogens with one attached hydrogen (secondary N) is 1. The highest BCUT2D eigenvalue weighted by atomic mass is 15.0. The van der Waals surface area contributed by atoms with Crippen LogP contribution in [0.1, 0.15) is 18.3 Å². The fraction of sp³-hybridized carbons (Fsp3) is 0.231. The first-order chi connectivity index (χ1) is 8.72. The number of nitrogens with zero attached hydrogens (tertiary/aromatic N) is 4. The van der Waals surface area contributed by atoms with E-state index in [0.717, 1.165) is 23.6 Å². The van der Waals surface area contributed by atoms with Gasteiger partial charge in [-0.1, -0.05) is 0 Å². The van der Waals surface area contributed by atoms with Crippen LogP contribution in [-0.2, 0) is 0 Å². The van der Waals surface area contributed by atoms with Gasteiger partial charge in [0.2, 0.25) is 0 Å². The monoisotopic (exact) mass is 239 g/mol. The second-order valence-corrected chi connectivity index (χ2v) is 3.79. The van der Waals surface area contributed by atoms with Gasteiger partial charge in [-0.05, 0) is 19.9 Å². The van der Waals surface area contributed by atoms with Crippen molar-refractivity contribution in [3.63, 3.8) is 0 Å². The zero-order valence-corrected chi connectivity index (χ0v) is 10.3. The smallest absolute Gasteiger partial charge is 0.130 e. The van der Waals surface area contributed by atoms with Crippen molar-refractivity contribution in [3.05, 3.63) is 35.9 Å². The molecular formula is C13H13N5. The zero-order valence-electron chi connectivity index (χ0n) is 10.3. The molecule has 2 aromatic heterocycles. The summed E-state index contributed by atoms with van der Waals surface area (Å²) in [7, 11) is 0. The third-order valence-electron chi connectivity index (χ3n) is 2.36. The third kappa shape index (κ3) is 2.61. The van der Waals surface area contributed by atoms with Crippen molar-refractivity contribution in [1.82, 2.24) is 15.0 Å². The summed E-state index contributed by atoms with van der Waals surface area (Å²) in [6.07, 6.45) is 3.22. The average molecular weight is 239 g/mol. The van der Waals surface area contributed by atoms with Crippen LogP contribution < -0.4 is 5.32 Å². The molecule has 5 nitrogen and oxygen atoms in total. The minimum absolute atomic E-state index is 0.522. The molecule has 18 heavy (non-hydrogen) atoms. The lowest BCUT2D eigenvalue weighted by Gasteiger charge is -2.06. The minimum atomic E-state index is 0.522. The predicted molar refractivity (Wildman–Crippen MR) is 68.9 cm³/mol. The molecule has 5 heteroatoms. The van der Waals surface area contributed by atoms with Crippen LogP contribution >= 0.6 is 0 Å². The molecule has 0 aromatic carbocycles.